The smallest absolute Gasteiger partial charge is 0.243 e. The van der Waals surface area contributed by atoms with Crippen LogP contribution in [0, 0.1) is 0 Å². The molecule has 2 amide bonds. The first kappa shape index (κ1) is 28.5. The van der Waals surface area contributed by atoms with Gasteiger partial charge in [0.05, 0.1) is 32.4 Å². The molecule has 0 radical (unpaired) electrons. The van der Waals surface area contributed by atoms with Gasteiger partial charge in [0.25, 0.3) is 0 Å². The highest BCUT2D eigenvalue weighted by atomic mass is 16.6. The van der Waals surface area contributed by atoms with Gasteiger partial charge in [-0.1, -0.05) is 60.7 Å². The van der Waals surface area contributed by atoms with E-state index in [-0.39, 0.29) is 24.7 Å². The van der Waals surface area contributed by atoms with Crippen LogP contribution in [0.15, 0.2) is 66.3 Å². The minimum Gasteiger partial charge on any atom is -0.379 e. The molecular weight excluding hydrogens is 470 g/mol. The van der Waals surface area contributed by atoms with Gasteiger partial charge in [-0.2, -0.15) is 0 Å². The van der Waals surface area contributed by atoms with Crippen molar-refractivity contribution in [1.82, 2.24) is 15.5 Å². The fourth-order valence-electron chi connectivity index (χ4n) is 4.13. The van der Waals surface area contributed by atoms with Crippen LogP contribution in [-0.4, -0.2) is 79.6 Å². The van der Waals surface area contributed by atoms with Gasteiger partial charge in [0, 0.05) is 19.5 Å². The molecule has 3 atom stereocenters. The molecule has 2 N–H and O–H groups in total. The molecule has 0 saturated carbocycles. The zero-order chi connectivity index (χ0) is 26.8. The second kappa shape index (κ2) is 13.5. The molecule has 0 bridgehead atoms. The quantitative estimate of drug-likeness (QED) is 0.313. The molecule has 200 valence electrons. The van der Waals surface area contributed by atoms with E-state index in [1.807, 2.05) is 67.3 Å². The van der Waals surface area contributed by atoms with Crippen molar-refractivity contribution < 1.29 is 23.9 Å². The van der Waals surface area contributed by atoms with Crippen molar-refractivity contribution in [2.24, 2.45) is 0 Å². The standard InChI is InChI=1S/C29H39N3O5/c1-5-22(12-11-21(2)3)17-25(30-26(33)19-32-13-15-36-16-14-32)28(35)31-24(27(34)29(4)20-37-29)18-23-9-7-6-8-10-23/h5-12,24-25H,2,13-20H2,1,3-4H3,(H,30,33)(H,31,35)/b12-11-,22-5+/t24?,25-,29+/m0/s1. The van der Waals surface area contributed by atoms with Crippen molar-refractivity contribution in [1.29, 1.82) is 0 Å². The first-order valence-electron chi connectivity index (χ1n) is 12.8. The molecule has 37 heavy (non-hydrogen) atoms. The zero-order valence-corrected chi connectivity index (χ0v) is 22.1. The number of epoxide rings is 1. The molecule has 3 rings (SSSR count). The third-order valence-corrected chi connectivity index (χ3v) is 6.53. The van der Waals surface area contributed by atoms with E-state index in [1.165, 1.54) is 0 Å². The van der Waals surface area contributed by atoms with Crippen LogP contribution in [0.4, 0.5) is 0 Å². The summed E-state index contributed by atoms with van der Waals surface area (Å²) in [5.74, 6) is -0.821. The van der Waals surface area contributed by atoms with Crippen LogP contribution >= 0.6 is 0 Å². The van der Waals surface area contributed by atoms with Crippen molar-refractivity contribution in [3.05, 3.63) is 71.8 Å². The van der Waals surface area contributed by atoms with Crippen molar-refractivity contribution >= 4 is 17.6 Å². The molecule has 2 aliphatic rings. The molecular formula is C29H39N3O5. The molecule has 8 nitrogen and oxygen atoms in total. The topological polar surface area (TPSA) is 100 Å². The normalized spacial score (nSPS) is 21.8. The molecule has 1 aromatic carbocycles. The van der Waals surface area contributed by atoms with Crippen LogP contribution in [-0.2, 0) is 30.3 Å². The van der Waals surface area contributed by atoms with Crippen molar-refractivity contribution in [2.45, 2.75) is 51.3 Å². The van der Waals surface area contributed by atoms with E-state index < -0.39 is 23.6 Å². The van der Waals surface area contributed by atoms with Crippen molar-refractivity contribution in [3.8, 4) is 0 Å². The molecule has 2 heterocycles. The van der Waals surface area contributed by atoms with Crippen LogP contribution in [0.5, 0.6) is 0 Å². The Labute approximate surface area is 219 Å². The van der Waals surface area contributed by atoms with Gasteiger partial charge in [0.1, 0.15) is 11.6 Å². The van der Waals surface area contributed by atoms with Crippen LogP contribution in [0.2, 0.25) is 0 Å². The fourth-order valence-corrected chi connectivity index (χ4v) is 4.13. The Balaban J connectivity index is 1.77. The lowest BCUT2D eigenvalue weighted by molar-refractivity contribution is -0.133. The number of ketones is 1. The lowest BCUT2D eigenvalue weighted by Gasteiger charge is -2.28. The summed E-state index contributed by atoms with van der Waals surface area (Å²) in [6.45, 7) is 12.4. The Kier molecular flexibility index (Phi) is 10.4. The summed E-state index contributed by atoms with van der Waals surface area (Å²) < 4.78 is 10.8. The highest BCUT2D eigenvalue weighted by molar-refractivity contribution is 5.98. The zero-order valence-electron chi connectivity index (χ0n) is 22.1. The SMILES string of the molecule is C=C(C)/C=C\C(=C/C)C[C@H](NC(=O)CN1CCOCC1)C(=O)NC(Cc1ccccc1)C(=O)[C@@]1(C)CO1. The van der Waals surface area contributed by atoms with Crippen LogP contribution in [0.1, 0.15) is 32.8 Å². The van der Waals surface area contributed by atoms with Crippen LogP contribution < -0.4 is 10.6 Å². The van der Waals surface area contributed by atoms with Gasteiger partial charge in [-0.15, -0.1) is 0 Å². The van der Waals surface area contributed by atoms with Gasteiger partial charge in [0.2, 0.25) is 11.8 Å². The van der Waals surface area contributed by atoms with E-state index in [0.29, 0.717) is 39.3 Å². The van der Waals surface area contributed by atoms with Gasteiger partial charge < -0.3 is 20.1 Å². The number of carbonyl (C=O) groups excluding carboxylic acids is 3. The lowest BCUT2D eigenvalue weighted by atomic mass is 9.94. The second-order valence-corrected chi connectivity index (χ2v) is 9.89. The van der Waals surface area contributed by atoms with E-state index in [2.05, 4.69) is 17.2 Å². The maximum Gasteiger partial charge on any atom is 0.243 e. The molecule has 1 unspecified atom stereocenters. The monoisotopic (exact) mass is 509 g/mol. The minimum atomic E-state index is -0.888. The number of morpholine rings is 1. The Morgan fingerprint density at radius 1 is 1.11 bits per heavy atom. The van der Waals surface area contributed by atoms with Crippen molar-refractivity contribution in [3.63, 3.8) is 0 Å². The summed E-state index contributed by atoms with van der Waals surface area (Å²) in [4.78, 5) is 41.8. The number of carbonyl (C=O) groups is 3. The molecule has 0 spiro atoms. The summed E-state index contributed by atoms with van der Waals surface area (Å²) in [7, 11) is 0. The van der Waals surface area contributed by atoms with E-state index in [4.69, 9.17) is 9.47 Å². The highest BCUT2D eigenvalue weighted by Gasteiger charge is 2.50. The number of Topliss-reactive ketones (excluding diaryl/α,β-unsaturated/α-hetero) is 1. The number of nitrogens with zero attached hydrogens (tertiary/aromatic N) is 1. The number of amides is 2. The third-order valence-electron chi connectivity index (χ3n) is 6.53. The molecule has 2 fully saturated rings. The molecule has 8 heteroatoms. The average molecular weight is 510 g/mol. The predicted octanol–water partition coefficient (Wildman–Crippen LogP) is 2.36. The molecule has 2 aliphatic heterocycles. The lowest BCUT2D eigenvalue weighted by Crippen LogP contribution is -2.55. The van der Waals surface area contributed by atoms with Gasteiger partial charge >= 0.3 is 0 Å². The molecule has 0 aliphatic carbocycles. The summed E-state index contributed by atoms with van der Waals surface area (Å²) in [5.41, 5.74) is 1.79. The maximum absolute atomic E-state index is 13.6. The van der Waals surface area contributed by atoms with Gasteiger partial charge in [-0.25, -0.2) is 0 Å². The Bertz CT molecular complexity index is 1020. The van der Waals surface area contributed by atoms with E-state index in [1.54, 1.807) is 6.92 Å². The number of rotatable bonds is 13. The summed E-state index contributed by atoms with van der Waals surface area (Å²) >= 11 is 0. The summed E-state index contributed by atoms with van der Waals surface area (Å²) in [6.07, 6.45) is 6.28. The van der Waals surface area contributed by atoms with Gasteiger partial charge in [-0.05, 0) is 38.3 Å². The number of ether oxygens (including phenoxy) is 2. The Hall–Kier alpha value is -3.07. The number of hydrogen-bond donors (Lipinski definition) is 2. The van der Waals surface area contributed by atoms with Gasteiger partial charge in [0.15, 0.2) is 5.78 Å². The Morgan fingerprint density at radius 3 is 2.38 bits per heavy atom. The van der Waals surface area contributed by atoms with E-state index >= 15 is 0 Å². The van der Waals surface area contributed by atoms with Crippen LogP contribution in [0.3, 0.4) is 0 Å². The minimum absolute atomic E-state index is 0.170. The van der Waals surface area contributed by atoms with E-state index in [0.717, 1.165) is 16.7 Å². The fraction of sp³-hybridized carbons (Fsp3) is 0.483. The largest absolute Gasteiger partial charge is 0.379 e. The number of benzene rings is 1. The first-order chi connectivity index (χ1) is 17.7. The summed E-state index contributed by atoms with van der Waals surface area (Å²) in [6, 6.07) is 7.91. The predicted molar refractivity (Wildman–Crippen MR) is 143 cm³/mol. The summed E-state index contributed by atoms with van der Waals surface area (Å²) in [5, 5.41) is 5.84. The van der Waals surface area contributed by atoms with Crippen molar-refractivity contribution in [2.75, 3.05) is 39.5 Å². The van der Waals surface area contributed by atoms with E-state index in [9.17, 15) is 14.4 Å². The molecule has 2 saturated heterocycles. The maximum atomic E-state index is 13.6. The van der Waals surface area contributed by atoms with Gasteiger partial charge in [-0.3, -0.25) is 19.3 Å². The number of hydrogen-bond acceptors (Lipinski definition) is 6. The molecule has 1 aromatic rings. The number of allylic oxidation sites excluding steroid dienone is 4. The first-order valence-corrected chi connectivity index (χ1v) is 12.8. The third kappa shape index (κ3) is 9.07. The Morgan fingerprint density at radius 2 is 1.78 bits per heavy atom. The average Bonchev–Trinajstić information content (AvgIpc) is 3.64. The highest BCUT2D eigenvalue weighted by Crippen LogP contribution is 2.29. The molecule has 0 aromatic heterocycles. The second-order valence-electron chi connectivity index (χ2n) is 9.89. The van der Waals surface area contributed by atoms with Crippen LogP contribution in [0.25, 0.3) is 0 Å². The number of nitrogens with one attached hydrogen (secondary N) is 2.